The number of carbonyl (C=O) groups is 2. The summed E-state index contributed by atoms with van der Waals surface area (Å²) in [4.78, 5) is 24.2. The smallest absolute Gasteiger partial charge is 0.306 e. The number of ether oxygens (including phenoxy) is 2. The Morgan fingerprint density at radius 2 is 1.69 bits per heavy atom. The van der Waals surface area contributed by atoms with Crippen LogP contribution in [-0.4, -0.2) is 37.7 Å². The van der Waals surface area contributed by atoms with Gasteiger partial charge in [0.2, 0.25) is 0 Å². The van der Waals surface area contributed by atoms with Gasteiger partial charge >= 0.3 is 11.9 Å². The number of rotatable bonds is 11. The molecule has 0 heterocycles. The van der Waals surface area contributed by atoms with Gasteiger partial charge in [-0.25, -0.2) is 0 Å². The Morgan fingerprint density at radius 3 is 2.23 bits per heavy atom. The Labute approximate surface area is 158 Å². The minimum Gasteiger partial charge on any atom is -0.462 e. The van der Waals surface area contributed by atoms with E-state index in [9.17, 15) is 9.59 Å². The third kappa shape index (κ3) is 8.49. The lowest BCUT2D eigenvalue weighted by atomic mass is 9.72. The Balaban J connectivity index is 2.32. The lowest BCUT2D eigenvalue weighted by Gasteiger charge is -2.35. The van der Waals surface area contributed by atoms with Crippen LogP contribution in [-0.2, 0) is 19.1 Å². The molecule has 152 valence electrons. The molecule has 0 amide bonds. The second kappa shape index (κ2) is 11.5. The molecule has 1 unspecified atom stereocenters. The van der Waals surface area contributed by atoms with Crippen molar-refractivity contribution in [2.45, 2.75) is 78.2 Å². The molecule has 1 fully saturated rings. The first-order valence-corrected chi connectivity index (χ1v) is 10.1. The number of hydrogen-bond donors (Lipinski definition) is 2. The van der Waals surface area contributed by atoms with Crippen molar-refractivity contribution in [1.82, 2.24) is 0 Å². The summed E-state index contributed by atoms with van der Waals surface area (Å²) >= 11 is 0. The summed E-state index contributed by atoms with van der Waals surface area (Å²) in [7, 11) is 0. The van der Waals surface area contributed by atoms with Crippen molar-refractivity contribution in [3.63, 3.8) is 0 Å². The lowest BCUT2D eigenvalue weighted by Crippen LogP contribution is -2.36. The molecule has 6 nitrogen and oxygen atoms in total. The second-order valence-electron chi connectivity index (χ2n) is 8.36. The third-order valence-corrected chi connectivity index (χ3v) is 5.27. The molecule has 0 aromatic carbocycles. The van der Waals surface area contributed by atoms with E-state index in [2.05, 4.69) is 13.8 Å². The van der Waals surface area contributed by atoms with E-state index in [-0.39, 0.29) is 29.9 Å². The molecule has 26 heavy (non-hydrogen) atoms. The summed E-state index contributed by atoms with van der Waals surface area (Å²) in [5.74, 6) is 0.0904. The zero-order valence-corrected chi connectivity index (χ0v) is 16.8. The molecule has 1 aliphatic carbocycles. The molecule has 0 aliphatic heterocycles. The van der Waals surface area contributed by atoms with E-state index in [1.54, 1.807) is 6.92 Å². The van der Waals surface area contributed by atoms with Crippen molar-refractivity contribution < 1.29 is 19.1 Å². The Hall–Kier alpha value is -1.14. The molecule has 2 atom stereocenters. The number of hydrogen-bond acceptors (Lipinski definition) is 6. The van der Waals surface area contributed by atoms with Gasteiger partial charge in [-0.1, -0.05) is 33.1 Å². The van der Waals surface area contributed by atoms with Crippen LogP contribution in [0.5, 0.6) is 0 Å². The molecule has 1 aliphatic rings. The fraction of sp³-hybridized carbons (Fsp3) is 0.900. The van der Waals surface area contributed by atoms with Crippen LogP contribution in [0.25, 0.3) is 0 Å². The van der Waals surface area contributed by atoms with Gasteiger partial charge in [0, 0.05) is 6.42 Å². The largest absolute Gasteiger partial charge is 0.462 e. The monoisotopic (exact) mass is 370 g/mol. The quantitative estimate of drug-likeness (QED) is 0.542. The van der Waals surface area contributed by atoms with Gasteiger partial charge in [0.15, 0.2) is 0 Å². The van der Waals surface area contributed by atoms with Gasteiger partial charge in [0.25, 0.3) is 0 Å². The lowest BCUT2D eigenvalue weighted by molar-refractivity contribution is -0.160. The summed E-state index contributed by atoms with van der Waals surface area (Å²) < 4.78 is 10.7. The fourth-order valence-corrected chi connectivity index (χ4v) is 3.79. The third-order valence-electron chi connectivity index (χ3n) is 5.27. The van der Waals surface area contributed by atoms with Gasteiger partial charge in [0.1, 0.15) is 12.7 Å². The van der Waals surface area contributed by atoms with Crippen molar-refractivity contribution >= 4 is 11.9 Å². The van der Waals surface area contributed by atoms with Crippen LogP contribution in [0.1, 0.15) is 72.1 Å². The highest BCUT2D eigenvalue weighted by Gasteiger charge is 2.33. The molecule has 0 radical (unpaired) electrons. The van der Waals surface area contributed by atoms with Gasteiger partial charge in [-0.3, -0.25) is 9.59 Å². The zero-order valence-electron chi connectivity index (χ0n) is 16.8. The topological polar surface area (TPSA) is 105 Å². The van der Waals surface area contributed by atoms with Gasteiger partial charge in [-0.15, -0.1) is 0 Å². The fourth-order valence-electron chi connectivity index (χ4n) is 3.79. The average Bonchev–Trinajstić information content (AvgIpc) is 2.59. The zero-order chi connectivity index (χ0) is 19.6. The summed E-state index contributed by atoms with van der Waals surface area (Å²) in [5.41, 5.74) is 11.5. The maximum absolute atomic E-state index is 12.2. The molecular weight excluding hydrogens is 332 g/mol. The summed E-state index contributed by atoms with van der Waals surface area (Å²) in [6, 6.07) is 0. The van der Waals surface area contributed by atoms with Crippen LogP contribution < -0.4 is 11.5 Å². The molecule has 1 rings (SSSR count). The van der Waals surface area contributed by atoms with Crippen LogP contribution in [0.3, 0.4) is 0 Å². The summed E-state index contributed by atoms with van der Waals surface area (Å²) in [5, 5.41) is 0. The van der Waals surface area contributed by atoms with Gasteiger partial charge < -0.3 is 20.9 Å². The molecule has 0 aromatic rings. The van der Waals surface area contributed by atoms with Gasteiger partial charge in [0.05, 0.1) is 6.42 Å². The van der Waals surface area contributed by atoms with Crippen LogP contribution in [0, 0.1) is 17.3 Å². The van der Waals surface area contributed by atoms with Gasteiger partial charge in [-0.2, -0.15) is 0 Å². The van der Waals surface area contributed by atoms with Crippen molar-refractivity contribution in [2.24, 2.45) is 28.7 Å². The van der Waals surface area contributed by atoms with E-state index in [0.717, 1.165) is 32.1 Å². The number of nitrogens with two attached hydrogens (primary N) is 2. The number of esters is 2. The van der Waals surface area contributed by atoms with E-state index < -0.39 is 6.10 Å². The SMILES string of the molecule is CC(C)C[C@@H](CN)CC(=O)OC(C)COC(=O)CC1(CN)CCCCC1. The van der Waals surface area contributed by atoms with E-state index in [4.69, 9.17) is 20.9 Å². The molecule has 0 bridgehead atoms. The van der Waals surface area contributed by atoms with Crippen LogP contribution >= 0.6 is 0 Å². The molecule has 6 heteroatoms. The minimum absolute atomic E-state index is 0.0860. The van der Waals surface area contributed by atoms with E-state index in [1.807, 2.05) is 0 Å². The molecule has 0 saturated heterocycles. The predicted molar refractivity (Wildman–Crippen MR) is 102 cm³/mol. The Morgan fingerprint density at radius 1 is 1.04 bits per heavy atom. The highest BCUT2D eigenvalue weighted by Crippen LogP contribution is 2.38. The van der Waals surface area contributed by atoms with E-state index in [0.29, 0.717) is 31.8 Å². The minimum atomic E-state index is -0.455. The van der Waals surface area contributed by atoms with E-state index in [1.165, 1.54) is 6.42 Å². The van der Waals surface area contributed by atoms with Crippen molar-refractivity contribution in [1.29, 1.82) is 0 Å². The standard InChI is InChI=1S/C20H38N2O4/c1-15(2)9-17(12-21)10-18(23)26-16(3)13-25-19(24)11-20(14-22)7-5-4-6-8-20/h15-17H,4-14,21-22H2,1-3H3/t16?,17-/m1/s1. The van der Waals surface area contributed by atoms with Crippen LogP contribution in [0.4, 0.5) is 0 Å². The van der Waals surface area contributed by atoms with Gasteiger partial charge in [-0.05, 0) is 56.5 Å². The van der Waals surface area contributed by atoms with Crippen molar-refractivity contribution in [3.8, 4) is 0 Å². The first kappa shape index (κ1) is 22.9. The average molecular weight is 371 g/mol. The summed E-state index contributed by atoms with van der Waals surface area (Å²) in [6.45, 7) is 7.03. The van der Waals surface area contributed by atoms with E-state index >= 15 is 0 Å². The molecule has 4 N–H and O–H groups in total. The normalized spacial score (nSPS) is 19.0. The summed E-state index contributed by atoms with van der Waals surface area (Å²) in [6.07, 6.45) is 6.54. The van der Waals surface area contributed by atoms with Crippen molar-refractivity contribution in [3.05, 3.63) is 0 Å². The van der Waals surface area contributed by atoms with Crippen LogP contribution in [0.2, 0.25) is 0 Å². The first-order chi connectivity index (χ1) is 12.3. The maximum Gasteiger partial charge on any atom is 0.306 e. The maximum atomic E-state index is 12.2. The number of carbonyl (C=O) groups excluding carboxylic acids is 2. The molecule has 0 spiro atoms. The molecule has 0 aromatic heterocycles. The molecular formula is C20H38N2O4. The second-order valence-corrected chi connectivity index (χ2v) is 8.36. The Kier molecular flexibility index (Phi) is 10.2. The predicted octanol–water partition coefficient (Wildman–Crippen LogP) is 2.77. The Bertz CT molecular complexity index is 434. The first-order valence-electron chi connectivity index (χ1n) is 10.1. The highest BCUT2D eigenvalue weighted by molar-refractivity contribution is 5.71. The highest BCUT2D eigenvalue weighted by atomic mass is 16.6. The van der Waals surface area contributed by atoms with Crippen LogP contribution in [0.15, 0.2) is 0 Å². The molecule has 1 saturated carbocycles. The van der Waals surface area contributed by atoms with Crippen molar-refractivity contribution in [2.75, 3.05) is 19.7 Å².